The van der Waals surface area contributed by atoms with Crippen molar-refractivity contribution in [1.82, 2.24) is 30.5 Å². The average molecular weight is 284 g/mol. The second-order valence-corrected chi connectivity index (χ2v) is 4.76. The molecule has 1 aromatic carbocycles. The monoisotopic (exact) mass is 284 g/mol. The molecule has 3 rings (SSSR count). The van der Waals surface area contributed by atoms with Crippen LogP contribution in [-0.2, 0) is 6.54 Å². The van der Waals surface area contributed by atoms with Crippen molar-refractivity contribution in [2.24, 2.45) is 0 Å². The smallest absolute Gasteiger partial charge is 0.223 e. The zero-order valence-corrected chi connectivity index (χ0v) is 11.9. The van der Waals surface area contributed by atoms with Gasteiger partial charge in [-0.25, -0.2) is 4.68 Å². The molecular weight excluding hydrogens is 268 g/mol. The molecule has 2 aromatic heterocycles. The maximum atomic E-state index is 4.93. The topological polar surface area (TPSA) is 81.7 Å². The molecular formula is C14H16N6O. The van der Waals surface area contributed by atoms with Gasteiger partial charge >= 0.3 is 0 Å². The predicted octanol–water partition coefficient (Wildman–Crippen LogP) is 1.81. The second kappa shape index (κ2) is 5.84. The first kappa shape index (κ1) is 13.4. The van der Waals surface area contributed by atoms with Crippen LogP contribution in [0.5, 0.6) is 0 Å². The number of rotatable bonds is 5. The fourth-order valence-electron chi connectivity index (χ4n) is 1.94. The van der Waals surface area contributed by atoms with Crippen LogP contribution in [0.1, 0.15) is 30.4 Å². The second-order valence-electron chi connectivity index (χ2n) is 4.76. The summed E-state index contributed by atoms with van der Waals surface area (Å²) in [6.45, 7) is 4.31. The molecule has 3 aromatic rings. The van der Waals surface area contributed by atoms with Gasteiger partial charge in [-0.15, -0.1) is 5.10 Å². The van der Waals surface area contributed by atoms with Crippen LogP contribution in [0, 0.1) is 6.92 Å². The molecule has 2 heterocycles. The van der Waals surface area contributed by atoms with Crippen LogP contribution in [0.4, 0.5) is 0 Å². The maximum Gasteiger partial charge on any atom is 0.223 e. The number of aryl methyl sites for hydroxylation is 1. The molecule has 0 aliphatic carbocycles. The molecule has 0 amide bonds. The number of nitrogens with one attached hydrogen (secondary N) is 1. The Bertz CT molecular complexity index is 705. The normalized spacial score (nSPS) is 12.5. The maximum absolute atomic E-state index is 4.93. The van der Waals surface area contributed by atoms with E-state index in [-0.39, 0.29) is 6.04 Å². The summed E-state index contributed by atoms with van der Waals surface area (Å²) in [7, 11) is 0. The summed E-state index contributed by atoms with van der Waals surface area (Å²) in [4.78, 5) is 4.15. The number of hydrogen-bond donors (Lipinski definition) is 1. The van der Waals surface area contributed by atoms with Crippen molar-refractivity contribution in [3.63, 3.8) is 0 Å². The van der Waals surface area contributed by atoms with Gasteiger partial charge in [0, 0.05) is 6.92 Å². The Morgan fingerprint density at radius 2 is 2.10 bits per heavy atom. The molecule has 7 nitrogen and oxygen atoms in total. The van der Waals surface area contributed by atoms with Gasteiger partial charge in [-0.3, -0.25) is 0 Å². The summed E-state index contributed by atoms with van der Waals surface area (Å²) in [6, 6.07) is 9.92. The molecule has 7 heteroatoms. The first-order chi connectivity index (χ1) is 10.2. The van der Waals surface area contributed by atoms with Crippen LogP contribution in [0.3, 0.4) is 0 Å². The minimum Gasteiger partial charge on any atom is -0.340 e. The molecule has 0 radical (unpaired) electrons. The van der Waals surface area contributed by atoms with E-state index in [9.17, 15) is 0 Å². The van der Waals surface area contributed by atoms with E-state index in [0.717, 1.165) is 11.4 Å². The van der Waals surface area contributed by atoms with E-state index in [1.54, 1.807) is 11.6 Å². The summed E-state index contributed by atoms with van der Waals surface area (Å²) in [5.74, 6) is 1.20. The molecule has 0 saturated heterocycles. The molecule has 0 aliphatic heterocycles. The first-order valence-electron chi connectivity index (χ1n) is 6.72. The molecule has 21 heavy (non-hydrogen) atoms. The van der Waals surface area contributed by atoms with E-state index in [2.05, 4.69) is 25.8 Å². The fourth-order valence-corrected chi connectivity index (χ4v) is 1.94. The number of benzene rings is 1. The van der Waals surface area contributed by atoms with Crippen LogP contribution >= 0.6 is 0 Å². The third-order valence-corrected chi connectivity index (χ3v) is 3.11. The van der Waals surface area contributed by atoms with Crippen LogP contribution < -0.4 is 5.32 Å². The van der Waals surface area contributed by atoms with E-state index < -0.39 is 0 Å². The molecule has 0 spiro atoms. The van der Waals surface area contributed by atoms with Gasteiger partial charge < -0.3 is 9.84 Å². The van der Waals surface area contributed by atoms with Crippen molar-refractivity contribution < 1.29 is 4.52 Å². The van der Waals surface area contributed by atoms with E-state index in [1.807, 2.05) is 43.5 Å². The lowest BCUT2D eigenvalue weighted by Crippen LogP contribution is -2.19. The highest BCUT2D eigenvalue weighted by Gasteiger charge is 2.12. The third kappa shape index (κ3) is 3.14. The Morgan fingerprint density at radius 1 is 1.29 bits per heavy atom. The zero-order valence-electron chi connectivity index (χ0n) is 11.9. The van der Waals surface area contributed by atoms with E-state index in [4.69, 9.17) is 4.52 Å². The standard InChI is InChI=1S/C14H16N6O/c1-10(15-8-14-16-11(2)21-18-14)13-9-20(19-17-13)12-6-4-3-5-7-12/h3-7,9-10,15H,8H2,1-2H3. The summed E-state index contributed by atoms with van der Waals surface area (Å²) in [6.07, 6.45) is 1.91. The summed E-state index contributed by atoms with van der Waals surface area (Å²) in [5, 5.41) is 15.5. The van der Waals surface area contributed by atoms with Gasteiger partial charge in [0.25, 0.3) is 0 Å². The van der Waals surface area contributed by atoms with Crippen molar-refractivity contribution in [2.45, 2.75) is 26.4 Å². The molecule has 1 N–H and O–H groups in total. The zero-order chi connectivity index (χ0) is 14.7. The SMILES string of the molecule is Cc1nc(CNC(C)c2cn(-c3ccccc3)nn2)no1. The lowest BCUT2D eigenvalue weighted by Gasteiger charge is -2.08. The van der Waals surface area contributed by atoms with Crippen molar-refractivity contribution >= 4 is 0 Å². The Balaban J connectivity index is 1.65. The van der Waals surface area contributed by atoms with Gasteiger partial charge in [-0.1, -0.05) is 28.6 Å². The molecule has 1 unspecified atom stereocenters. The number of aromatic nitrogens is 5. The van der Waals surface area contributed by atoms with E-state index >= 15 is 0 Å². The number of hydrogen-bond acceptors (Lipinski definition) is 6. The van der Waals surface area contributed by atoms with Crippen LogP contribution in [-0.4, -0.2) is 25.1 Å². The Kier molecular flexibility index (Phi) is 3.74. The summed E-state index contributed by atoms with van der Waals surface area (Å²) < 4.78 is 6.69. The first-order valence-corrected chi connectivity index (χ1v) is 6.72. The average Bonchev–Trinajstić information content (AvgIpc) is 3.15. The minimum absolute atomic E-state index is 0.0428. The van der Waals surface area contributed by atoms with Crippen molar-refractivity contribution in [2.75, 3.05) is 0 Å². The molecule has 0 bridgehead atoms. The molecule has 1 atom stereocenters. The van der Waals surface area contributed by atoms with Gasteiger partial charge in [0.05, 0.1) is 30.2 Å². The molecule has 0 saturated carbocycles. The Morgan fingerprint density at radius 3 is 2.81 bits per heavy atom. The fraction of sp³-hybridized carbons (Fsp3) is 0.286. The highest BCUT2D eigenvalue weighted by atomic mass is 16.5. The van der Waals surface area contributed by atoms with Crippen molar-refractivity contribution in [3.8, 4) is 5.69 Å². The van der Waals surface area contributed by atoms with Gasteiger partial charge in [0.1, 0.15) is 0 Å². The predicted molar refractivity (Wildman–Crippen MR) is 75.6 cm³/mol. The largest absolute Gasteiger partial charge is 0.340 e. The summed E-state index contributed by atoms with van der Waals surface area (Å²) in [5.41, 5.74) is 1.84. The Hall–Kier alpha value is -2.54. The summed E-state index contributed by atoms with van der Waals surface area (Å²) >= 11 is 0. The van der Waals surface area contributed by atoms with Gasteiger partial charge in [0.15, 0.2) is 5.82 Å². The quantitative estimate of drug-likeness (QED) is 0.769. The lowest BCUT2D eigenvalue weighted by molar-refractivity contribution is 0.384. The van der Waals surface area contributed by atoms with Crippen molar-refractivity contribution in [3.05, 3.63) is 53.9 Å². The molecule has 108 valence electrons. The van der Waals surface area contributed by atoms with Crippen LogP contribution in [0.2, 0.25) is 0 Å². The molecule has 0 fully saturated rings. The van der Waals surface area contributed by atoms with Crippen LogP contribution in [0.15, 0.2) is 41.1 Å². The van der Waals surface area contributed by atoms with Gasteiger partial charge in [-0.2, -0.15) is 4.98 Å². The third-order valence-electron chi connectivity index (χ3n) is 3.11. The van der Waals surface area contributed by atoms with Crippen LogP contribution in [0.25, 0.3) is 5.69 Å². The van der Waals surface area contributed by atoms with Gasteiger partial charge in [0.2, 0.25) is 5.89 Å². The van der Waals surface area contributed by atoms with Gasteiger partial charge in [-0.05, 0) is 19.1 Å². The number of nitrogens with zero attached hydrogens (tertiary/aromatic N) is 5. The minimum atomic E-state index is 0.0428. The van der Waals surface area contributed by atoms with E-state index in [1.165, 1.54) is 0 Å². The highest BCUT2D eigenvalue weighted by molar-refractivity contribution is 5.30. The lowest BCUT2D eigenvalue weighted by atomic mass is 10.2. The van der Waals surface area contributed by atoms with E-state index in [0.29, 0.717) is 18.3 Å². The molecule has 0 aliphatic rings. The van der Waals surface area contributed by atoms with Crippen molar-refractivity contribution in [1.29, 1.82) is 0 Å². The Labute approximate surface area is 122 Å². The highest BCUT2D eigenvalue weighted by Crippen LogP contribution is 2.12. The number of para-hydroxylation sites is 1.